The maximum Gasteiger partial charge on any atom is 0.255 e. The molecule has 4 aromatic rings. The molecule has 34 heavy (non-hydrogen) atoms. The Morgan fingerprint density at radius 2 is 1.76 bits per heavy atom. The lowest BCUT2D eigenvalue weighted by Crippen LogP contribution is -2.12. The monoisotopic (exact) mass is 450 g/mol. The topological polar surface area (TPSA) is 69.8 Å². The van der Waals surface area contributed by atoms with Crippen LogP contribution in [0.5, 0.6) is 0 Å². The smallest absolute Gasteiger partial charge is 0.255 e. The van der Waals surface area contributed by atoms with Gasteiger partial charge in [0.1, 0.15) is 0 Å². The highest BCUT2D eigenvalue weighted by atomic mass is 16.1. The number of aromatic amines is 1. The summed E-state index contributed by atoms with van der Waals surface area (Å²) in [5.74, 6) is 1.99. The van der Waals surface area contributed by atoms with Gasteiger partial charge in [0.15, 0.2) is 5.82 Å². The summed E-state index contributed by atoms with van der Waals surface area (Å²) in [5.41, 5.74) is 7.35. The van der Waals surface area contributed by atoms with Crippen molar-refractivity contribution in [3.63, 3.8) is 0 Å². The second-order valence-electron chi connectivity index (χ2n) is 9.45. The third-order valence-electron chi connectivity index (χ3n) is 6.56. The number of carbonyl (C=O) groups excluding carboxylic acids is 1. The standard InChI is InChI=1S/C29H30N4O/c1-18(2)24-13-12-23(14-19(24)3)31-29(34)21-9-7-8-20(15-21)25-16-26(25)27-17-28(33-32-27)30-22-10-5-4-6-11-22/h4-15,17-18,25-26H,16H2,1-3H3,(H,31,34)(H2,30,32,33). The minimum atomic E-state index is -0.0772. The van der Waals surface area contributed by atoms with Crippen molar-refractivity contribution in [2.75, 3.05) is 10.6 Å². The van der Waals surface area contributed by atoms with Gasteiger partial charge >= 0.3 is 0 Å². The molecule has 5 nitrogen and oxygen atoms in total. The van der Waals surface area contributed by atoms with Gasteiger partial charge in [-0.1, -0.05) is 50.2 Å². The summed E-state index contributed by atoms with van der Waals surface area (Å²) in [6, 6.07) is 26.2. The highest BCUT2D eigenvalue weighted by Gasteiger charge is 2.41. The van der Waals surface area contributed by atoms with Crippen LogP contribution in [0.2, 0.25) is 0 Å². The number of rotatable bonds is 7. The summed E-state index contributed by atoms with van der Waals surface area (Å²) < 4.78 is 0. The van der Waals surface area contributed by atoms with Crippen molar-refractivity contribution >= 4 is 23.1 Å². The first kappa shape index (κ1) is 22.0. The molecule has 1 amide bonds. The van der Waals surface area contributed by atoms with Crippen molar-refractivity contribution in [2.45, 2.75) is 44.9 Å². The number of amides is 1. The number of aromatic nitrogens is 2. The van der Waals surface area contributed by atoms with Crippen molar-refractivity contribution in [3.05, 3.63) is 107 Å². The van der Waals surface area contributed by atoms with Gasteiger partial charge in [0.2, 0.25) is 0 Å². The number of nitrogens with one attached hydrogen (secondary N) is 3. The van der Waals surface area contributed by atoms with Crippen molar-refractivity contribution < 1.29 is 4.79 Å². The van der Waals surface area contributed by atoms with Gasteiger partial charge < -0.3 is 10.6 Å². The molecule has 2 atom stereocenters. The summed E-state index contributed by atoms with van der Waals surface area (Å²) in [7, 11) is 0. The molecule has 3 aromatic carbocycles. The molecule has 0 bridgehead atoms. The SMILES string of the molecule is Cc1cc(NC(=O)c2cccc(C3CC3c3cc(Nc4ccccc4)n[nH]3)c2)ccc1C(C)C. The molecule has 1 fully saturated rings. The zero-order chi connectivity index (χ0) is 23.7. The fourth-order valence-corrected chi connectivity index (χ4v) is 4.68. The van der Waals surface area contributed by atoms with Crippen LogP contribution in [0.25, 0.3) is 0 Å². The summed E-state index contributed by atoms with van der Waals surface area (Å²) in [6.07, 6.45) is 1.05. The molecule has 1 aliphatic rings. The molecule has 1 aromatic heterocycles. The molecule has 172 valence electrons. The Hall–Kier alpha value is -3.86. The fourth-order valence-electron chi connectivity index (χ4n) is 4.68. The molecule has 0 saturated heterocycles. The van der Waals surface area contributed by atoms with Crippen LogP contribution in [-0.2, 0) is 0 Å². The lowest BCUT2D eigenvalue weighted by molar-refractivity contribution is 0.102. The molecular weight excluding hydrogens is 420 g/mol. The number of para-hydroxylation sites is 1. The molecule has 5 rings (SSSR count). The summed E-state index contributed by atoms with van der Waals surface area (Å²) in [4.78, 5) is 12.9. The largest absolute Gasteiger partial charge is 0.339 e. The van der Waals surface area contributed by atoms with E-state index in [1.165, 1.54) is 16.7 Å². The Morgan fingerprint density at radius 1 is 0.941 bits per heavy atom. The normalized spacial score (nSPS) is 16.9. The fraction of sp³-hybridized carbons (Fsp3) is 0.241. The van der Waals surface area contributed by atoms with E-state index in [-0.39, 0.29) is 5.91 Å². The predicted octanol–water partition coefficient (Wildman–Crippen LogP) is 7.11. The summed E-state index contributed by atoms with van der Waals surface area (Å²) >= 11 is 0. The molecule has 5 heteroatoms. The number of nitrogens with zero attached hydrogens (tertiary/aromatic N) is 1. The van der Waals surface area contributed by atoms with Gasteiger partial charge in [-0.2, -0.15) is 5.10 Å². The Morgan fingerprint density at radius 3 is 2.53 bits per heavy atom. The maximum absolute atomic E-state index is 12.9. The molecule has 0 aliphatic heterocycles. The van der Waals surface area contributed by atoms with Gasteiger partial charge in [-0.05, 0) is 78.3 Å². The second-order valence-corrected chi connectivity index (χ2v) is 9.45. The van der Waals surface area contributed by atoms with Gasteiger partial charge in [-0.3, -0.25) is 9.89 Å². The molecule has 0 radical (unpaired) electrons. The van der Waals surface area contributed by atoms with Gasteiger partial charge in [0.05, 0.1) is 0 Å². The zero-order valence-corrected chi connectivity index (χ0v) is 19.8. The molecule has 1 heterocycles. The molecule has 1 aliphatic carbocycles. The Bertz CT molecular complexity index is 1310. The summed E-state index contributed by atoms with van der Waals surface area (Å²) in [6.45, 7) is 6.46. The van der Waals surface area contributed by atoms with E-state index in [4.69, 9.17) is 0 Å². The van der Waals surface area contributed by atoms with Gasteiger partial charge in [-0.15, -0.1) is 0 Å². The first-order valence-electron chi connectivity index (χ1n) is 11.9. The van der Waals surface area contributed by atoms with Crippen molar-refractivity contribution in [1.82, 2.24) is 10.2 Å². The third kappa shape index (κ3) is 4.74. The molecule has 2 unspecified atom stereocenters. The van der Waals surface area contributed by atoms with Crippen LogP contribution in [0.1, 0.15) is 70.8 Å². The van der Waals surface area contributed by atoms with E-state index < -0.39 is 0 Å². The number of aryl methyl sites for hydroxylation is 1. The number of benzene rings is 3. The van der Waals surface area contributed by atoms with Crippen LogP contribution >= 0.6 is 0 Å². The van der Waals surface area contributed by atoms with Crippen molar-refractivity contribution in [2.24, 2.45) is 0 Å². The second kappa shape index (κ2) is 9.18. The first-order valence-corrected chi connectivity index (χ1v) is 11.9. The van der Waals surface area contributed by atoms with E-state index in [0.717, 1.165) is 29.3 Å². The Kier molecular flexibility index (Phi) is 5.93. The van der Waals surface area contributed by atoms with Crippen LogP contribution in [0.4, 0.5) is 17.2 Å². The lowest BCUT2D eigenvalue weighted by Gasteiger charge is -2.12. The summed E-state index contributed by atoms with van der Waals surface area (Å²) in [5, 5.41) is 14.0. The minimum Gasteiger partial charge on any atom is -0.339 e. The van der Waals surface area contributed by atoms with E-state index in [1.54, 1.807) is 0 Å². The van der Waals surface area contributed by atoms with Crippen molar-refractivity contribution in [3.8, 4) is 0 Å². The van der Waals surface area contributed by atoms with Crippen molar-refractivity contribution in [1.29, 1.82) is 0 Å². The average Bonchev–Trinajstić information content (AvgIpc) is 3.51. The minimum absolute atomic E-state index is 0.0772. The Labute approximate surface area is 200 Å². The van der Waals surface area contributed by atoms with E-state index in [1.807, 2.05) is 60.7 Å². The predicted molar refractivity (Wildman–Crippen MR) is 138 cm³/mol. The van der Waals surface area contributed by atoms with Crippen LogP contribution in [0.3, 0.4) is 0 Å². The zero-order valence-electron chi connectivity index (χ0n) is 19.8. The van der Waals surface area contributed by atoms with E-state index >= 15 is 0 Å². The number of carbonyl (C=O) groups is 1. The van der Waals surface area contributed by atoms with Gasteiger partial charge in [0, 0.05) is 34.6 Å². The third-order valence-corrected chi connectivity index (χ3v) is 6.56. The molecular formula is C29H30N4O. The highest BCUT2D eigenvalue weighted by molar-refractivity contribution is 6.04. The quantitative estimate of drug-likeness (QED) is 0.281. The van der Waals surface area contributed by atoms with Crippen LogP contribution in [0.15, 0.2) is 78.9 Å². The molecule has 3 N–H and O–H groups in total. The molecule has 1 saturated carbocycles. The highest BCUT2D eigenvalue weighted by Crippen LogP contribution is 2.54. The number of anilines is 3. The van der Waals surface area contributed by atoms with Crippen LogP contribution < -0.4 is 10.6 Å². The average molecular weight is 451 g/mol. The Balaban J connectivity index is 1.24. The van der Waals surface area contributed by atoms with Gasteiger partial charge in [0.25, 0.3) is 5.91 Å². The van der Waals surface area contributed by atoms with E-state index in [2.05, 4.69) is 59.8 Å². The lowest BCUT2D eigenvalue weighted by atomic mass is 9.97. The van der Waals surface area contributed by atoms with Crippen LogP contribution in [-0.4, -0.2) is 16.1 Å². The maximum atomic E-state index is 12.9. The van der Waals surface area contributed by atoms with E-state index in [9.17, 15) is 4.79 Å². The van der Waals surface area contributed by atoms with Crippen LogP contribution in [0, 0.1) is 6.92 Å². The van der Waals surface area contributed by atoms with E-state index in [0.29, 0.717) is 23.3 Å². The number of hydrogen-bond acceptors (Lipinski definition) is 3. The first-order chi connectivity index (χ1) is 16.5. The van der Waals surface area contributed by atoms with Gasteiger partial charge in [-0.25, -0.2) is 0 Å². The molecule has 0 spiro atoms. The number of H-pyrrole nitrogens is 1. The number of hydrogen-bond donors (Lipinski definition) is 3.